The third-order valence-electron chi connectivity index (χ3n) is 4.88. The topological polar surface area (TPSA) is 46.0 Å². The molecule has 30 heavy (non-hydrogen) atoms. The third kappa shape index (κ3) is 2.85. The highest BCUT2D eigenvalue weighted by Gasteiger charge is 2.18. The second-order valence-corrected chi connectivity index (χ2v) is 6.67. The van der Waals surface area contributed by atoms with Crippen LogP contribution in [-0.2, 0) is 0 Å². The molecule has 0 atom stereocenters. The van der Waals surface area contributed by atoms with Crippen molar-refractivity contribution in [1.82, 2.24) is 19.6 Å². The Morgan fingerprint density at radius 3 is 2.30 bits per heavy atom. The maximum absolute atomic E-state index is 14.3. The molecule has 0 aliphatic heterocycles. The summed E-state index contributed by atoms with van der Waals surface area (Å²) < 4.78 is 57.3. The molecule has 0 saturated heterocycles. The molecule has 0 amide bonds. The second kappa shape index (κ2) is 6.84. The first-order valence-electron chi connectivity index (χ1n) is 8.93. The van der Waals surface area contributed by atoms with Gasteiger partial charge in [-0.15, -0.1) is 0 Å². The Labute approximate surface area is 167 Å². The molecule has 0 aliphatic rings. The van der Waals surface area contributed by atoms with E-state index in [0.717, 1.165) is 12.1 Å². The fourth-order valence-electron chi connectivity index (χ4n) is 3.44. The van der Waals surface area contributed by atoms with Gasteiger partial charge < -0.3 is 0 Å². The number of pyridine rings is 1. The van der Waals surface area contributed by atoms with E-state index in [1.165, 1.54) is 30.5 Å². The first kappa shape index (κ1) is 18.1. The SMILES string of the molecule is Fc1ccc(-c2cnc3ccc(-c4cn[nH]c4-c4c(F)cccc4F)cn23)cc1F. The van der Waals surface area contributed by atoms with Crippen molar-refractivity contribution in [3.8, 4) is 33.6 Å². The molecule has 0 fully saturated rings. The lowest BCUT2D eigenvalue weighted by atomic mass is 10.0. The predicted octanol–water partition coefficient (Wildman–Crippen LogP) is 5.61. The monoisotopic (exact) mass is 408 g/mol. The Hall–Kier alpha value is -3.94. The highest BCUT2D eigenvalue weighted by atomic mass is 19.2. The number of nitrogens with zero attached hydrogens (tertiary/aromatic N) is 3. The number of benzene rings is 2. The fourth-order valence-corrected chi connectivity index (χ4v) is 3.44. The minimum absolute atomic E-state index is 0.194. The van der Waals surface area contributed by atoms with Crippen molar-refractivity contribution in [3.63, 3.8) is 0 Å². The number of aromatic amines is 1. The predicted molar refractivity (Wildman–Crippen MR) is 103 cm³/mol. The normalized spacial score (nSPS) is 11.3. The lowest BCUT2D eigenvalue weighted by Gasteiger charge is -2.08. The van der Waals surface area contributed by atoms with Crippen LogP contribution in [0.2, 0.25) is 0 Å². The number of fused-ring (bicyclic) bond motifs is 1. The van der Waals surface area contributed by atoms with Crippen molar-refractivity contribution in [2.75, 3.05) is 0 Å². The molecule has 0 radical (unpaired) electrons. The molecule has 2 aromatic carbocycles. The quantitative estimate of drug-likeness (QED) is 0.394. The van der Waals surface area contributed by atoms with Crippen LogP contribution in [0.4, 0.5) is 17.6 Å². The van der Waals surface area contributed by atoms with E-state index in [4.69, 9.17) is 0 Å². The van der Waals surface area contributed by atoms with E-state index in [-0.39, 0.29) is 11.3 Å². The van der Waals surface area contributed by atoms with Crippen molar-refractivity contribution in [1.29, 1.82) is 0 Å². The summed E-state index contributed by atoms with van der Waals surface area (Å²) in [6.45, 7) is 0. The van der Waals surface area contributed by atoms with E-state index in [2.05, 4.69) is 15.2 Å². The summed E-state index contributed by atoms with van der Waals surface area (Å²) in [4.78, 5) is 4.28. The molecule has 1 N–H and O–H groups in total. The van der Waals surface area contributed by atoms with Crippen molar-refractivity contribution in [2.45, 2.75) is 0 Å². The number of hydrogen-bond donors (Lipinski definition) is 1. The van der Waals surface area contributed by atoms with Crippen LogP contribution in [0, 0.1) is 23.3 Å². The van der Waals surface area contributed by atoms with E-state index in [1.807, 2.05) is 0 Å². The zero-order chi connectivity index (χ0) is 20.8. The Morgan fingerprint density at radius 2 is 1.53 bits per heavy atom. The van der Waals surface area contributed by atoms with Crippen LogP contribution in [0.5, 0.6) is 0 Å². The molecule has 0 aliphatic carbocycles. The lowest BCUT2D eigenvalue weighted by molar-refractivity contribution is 0.509. The number of hydrogen-bond acceptors (Lipinski definition) is 2. The highest BCUT2D eigenvalue weighted by molar-refractivity contribution is 5.81. The van der Waals surface area contributed by atoms with Crippen LogP contribution < -0.4 is 0 Å². The first-order valence-corrected chi connectivity index (χ1v) is 8.93. The van der Waals surface area contributed by atoms with Gasteiger partial charge in [0, 0.05) is 22.9 Å². The van der Waals surface area contributed by atoms with Crippen molar-refractivity contribution < 1.29 is 17.6 Å². The van der Waals surface area contributed by atoms with Gasteiger partial charge in [-0.05, 0) is 42.5 Å². The van der Waals surface area contributed by atoms with Crippen LogP contribution in [0.15, 0.2) is 67.1 Å². The van der Waals surface area contributed by atoms with Crippen LogP contribution in [0.3, 0.4) is 0 Å². The molecule has 3 heterocycles. The van der Waals surface area contributed by atoms with Crippen LogP contribution in [0.25, 0.3) is 39.3 Å². The average Bonchev–Trinajstić information content (AvgIpc) is 3.37. The summed E-state index contributed by atoms with van der Waals surface area (Å²) in [5.41, 5.74) is 2.61. The van der Waals surface area contributed by atoms with Crippen molar-refractivity contribution in [2.24, 2.45) is 0 Å². The first-order chi connectivity index (χ1) is 14.5. The summed E-state index contributed by atoms with van der Waals surface area (Å²) in [6, 6.07) is 10.7. The minimum Gasteiger partial charge on any atom is -0.299 e. The Balaban J connectivity index is 1.67. The number of imidazole rings is 1. The third-order valence-corrected chi connectivity index (χ3v) is 4.88. The molecule has 148 valence electrons. The molecule has 8 heteroatoms. The zero-order valence-corrected chi connectivity index (χ0v) is 15.2. The number of H-pyrrole nitrogens is 1. The summed E-state index contributed by atoms with van der Waals surface area (Å²) in [6.07, 6.45) is 4.71. The maximum Gasteiger partial charge on any atom is 0.159 e. The molecular weight excluding hydrogens is 396 g/mol. The summed E-state index contributed by atoms with van der Waals surface area (Å²) >= 11 is 0. The van der Waals surface area contributed by atoms with Crippen LogP contribution >= 0.6 is 0 Å². The van der Waals surface area contributed by atoms with Gasteiger partial charge in [0.25, 0.3) is 0 Å². The molecule has 0 saturated carbocycles. The molecule has 5 aromatic rings. The van der Waals surface area contributed by atoms with E-state index in [0.29, 0.717) is 28.0 Å². The van der Waals surface area contributed by atoms with Gasteiger partial charge in [-0.2, -0.15) is 5.10 Å². The number of nitrogens with one attached hydrogen (secondary N) is 1. The van der Waals surface area contributed by atoms with Crippen molar-refractivity contribution >= 4 is 5.65 Å². The number of rotatable bonds is 3. The Morgan fingerprint density at radius 1 is 0.767 bits per heavy atom. The summed E-state index contributed by atoms with van der Waals surface area (Å²) in [5, 5.41) is 6.61. The highest BCUT2D eigenvalue weighted by Crippen LogP contribution is 2.34. The van der Waals surface area contributed by atoms with Crippen LogP contribution in [-0.4, -0.2) is 19.6 Å². The molecule has 0 unspecified atom stereocenters. The van der Waals surface area contributed by atoms with Gasteiger partial charge in [-0.25, -0.2) is 22.5 Å². The van der Waals surface area contributed by atoms with E-state index >= 15 is 0 Å². The van der Waals surface area contributed by atoms with Gasteiger partial charge in [-0.1, -0.05) is 6.07 Å². The molecule has 0 spiro atoms. The summed E-state index contributed by atoms with van der Waals surface area (Å²) in [7, 11) is 0. The van der Waals surface area contributed by atoms with E-state index < -0.39 is 23.3 Å². The molecule has 4 nitrogen and oxygen atoms in total. The largest absolute Gasteiger partial charge is 0.299 e. The maximum atomic E-state index is 14.3. The number of aromatic nitrogens is 4. The van der Waals surface area contributed by atoms with Gasteiger partial charge in [0.15, 0.2) is 11.6 Å². The van der Waals surface area contributed by atoms with Gasteiger partial charge >= 0.3 is 0 Å². The average molecular weight is 408 g/mol. The van der Waals surface area contributed by atoms with Crippen molar-refractivity contribution in [3.05, 3.63) is 90.4 Å². The zero-order valence-electron chi connectivity index (χ0n) is 15.2. The fraction of sp³-hybridized carbons (Fsp3) is 0. The summed E-state index contributed by atoms with van der Waals surface area (Å²) in [5.74, 6) is -3.34. The van der Waals surface area contributed by atoms with Gasteiger partial charge in [0.1, 0.15) is 17.3 Å². The van der Waals surface area contributed by atoms with Crippen LogP contribution in [0.1, 0.15) is 0 Å². The Kier molecular flexibility index (Phi) is 4.13. The second-order valence-electron chi connectivity index (χ2n) is 6.67. The lowest BCUT2D eigenvalue weighted by Crippen LogP contribution is -1.94. The van der Waals surface area contributed by atoms with E-state index in [1.54, 1.807) is 28.9 Å². The van der Waals surface area contributed by atoms with Gasteiger partial charge in [0.05, 0.1) is 29.3 Å². The smallest absolute Gasteiger partial charge is 0.159 e. The molecule has 5 rings (SSSR count). The standard InChI is InChI=1S/C22H12F4N4/c23-15-6-4-12(8-18(15)26)19-10-27-20-7-5-13(11-30(19)20)14-9-28-29-22(14)21-16(24)2-1-3-17(21)25/h1-11H,(H,28,29). The minimum atomic E-state index is -0.967. The Bertz CT molecular complexity index is 1380. The van der Waals surface area contributed by atoms with Gasteiger partial charge in [-0.3, -0.25) is 9.50 Å². The molecular formula is C22H12F4N4. The molecule has 3 aromatic heterocycles. The molecule has 0 bridgehead atoms. The van der Waals surface area contributed by atoms with Gasteiger partial charge in [0.2, 0.25) is 0 Å². The van der Waals surface area contributed by atoms with E-state index in [9.17, 15) is 17.6 Å². The number of halogens is 4.